The number of rotatable bonds is 5. The molecular formula is C12H24N2. The molecule has 1 rings (SSSR count). The van der Waals surface area contributed by atoms with Crippen LogP contribution in [0.1, 0.15) is 26.7 Å². The highest BCUT2D eigenvalue weighted by atomic mass is 15.2. The van der Waals surface area contributed by atoms with E-state index in [-0.39, 0.29) is 0 Å². The minimum Gasteiger partial charge on any atom is -0.312 e. The summed E-state index contributed by atoms with van der Waals surface area (Å²) in [6.45, 7) is 12.9. The zero-order chi connectivity index (χ0) is 10.4. The van der Waals surface area contributed by atoms with Crippen molar-refractivity contribution in [1.29, 1.82) is 0 Å². The van der Waals surface area contributed by atoms with Crippen molar-refractivity contribution in [2.45, 2.75) is 32.7 Å². The van der Waals surface area contributed by atoms with Crippen molar-refractivity contribution in [3.05, 3.63) is 12.7 Å². The number of hydrogen-bond donors (Lipinski definition) is 1. The van der Waals surface area contributed by atoms with Crippen molar-refractivity contribution in [1.82, 2.24) is 10.2 Å². The zero-order valence-corrected chi connectivity index (χ0v) is 9.63. The van der Waals surface area contributed by atoms with Crippen molar-refractivity contribution in [3.8, 4) is 0 Å². The first-order valence-corrected chi connectivity index (χ1v) is 5.79. The van der Waals surface area contributed by atoms with Crippen LogP contribution in [0.3, 0.4) is 0 Å². The number of piperidine rings is 1. The summed E-state index contributed by atoms with van der Waals surface area (Å²) in [6, 6.07) is 0.669. The van der Waals surface area contributed by atoms with E-state index >= 15 is 0 Å². The Kier molecular flexibility index (Phi) is 5.20. The van der Waals surface area contributed by atoms with Gasteiger partial charge in [0.05, 0.1) is 0 Å². The normalized spacial score (nSPS) is 22.1. The Hall–Kier alpha value is -0.340. The van der Waals surface area contributed by atoms with Crippen LogP contribution in [-0.4, -0.2) is 37.1 Å². The molecule has 1 atom stereocenters. The molecule has 0 saturated carbocycles. The molecule has 0 bridgehead atoms. The van der Waals surface area contributed by atoms with Gasteiger partial charge in [0.15, 0.2) is 0 Å². The number of likely N-dealkylation sites (tertiary alicyclic amines) is 1. The first kappa shape index (κ1) is 11.7. The van der Waals surface area contributed by atoms with Crippen molar-refractivity contribution in [2.75, 3.05) is 26.2 Å². The minimum absolute atomic E-state index is 0.669. The van der Waals surface area contributed by atoms with Gasteiger partial charge in [0.2, 0.25) is 0 Å². The van der Waals surface area contributed by atoms with E-state index in [1.165, 1.54) is 25.9 Å². The lowest BCUT2D eigenvalue weighted by Gasteiger charge is -2.35. The molecule has 0 aliphatic carbocycles. The van der Waals surface area contributed by atoms with E-state index < -0.39 is 0 Å². The largest absolute Gasteiger partial charge is 0.312 e. The van der Waals surface area contributed by atoms with E-state index in [2.05, 4.69) is 30.6 Å². The van der Waals surface area contributed by atoms with E-state index in [0.717, 1.165) is 19.0 Å². The lowest BCUT2D eigenvalue weighted by molar-refractivity contribution is 0.145. The highest BCUT2D eigenvalue weighted by Crippen LogP contribution is 2.17. The van der Waals surface area contributed by atoms with Gasteiger partial charge in [-0.1, -0.05) is 13.0 Å². The summed E-state index contributed by atoms with van der Waals surface area (Å²) in [6.07, 6.45) is 4.66. The van der Waals surface area contributed by atoms with Crippen LogP contribution in [0.25, 0.3) is 0 Å². The fourth-order valence-corrected chi connectivity index (χ4v) is 1.99. The van der Waals surface area contributed by atoms with Crippen LogP contribution in [-0.2, 0) is 0 Å². The second-order valence-electron chi connectivity index (χ2n) is 4.51. The average Bonchev–Trinajstić information content (AvgIpc) is 2.19. The maximum Gasteiger partial charge on any atom is 0.0192 e. The average molecular weight is 196 g/mol. The molecule has 1 N–H and O–H groups in total. The van der Waals surface area contributed by atoms with E-state index in [0.29, 0.717) is 6.04 Å². The van der Waals surface area contributed by atoms with Gasteiger partial charge in [0.1, 0.15) is 0 Å². The SMILES string of the molecule is C=CCNCC(C)N1CCC(C)CC1. The summed E-state index contributed by atoms with van der Waals surface area (Å²) in [5.74, 6) is 0.930. The number of nitrogens with zero attached hydrogens (tertiary/aromatic N) is 1. The van der Waals surface area contributed by atoms with Gasteiger partial charge in [-0.05, 0) is 38.8 Å². The van der Waals surface area contributed by atoms with Crippen LogP contribution in [0, 0.1) is 5.92 Å². The Morgan fingerprint density at radius 1 is 1.50 bits per heavy atom. The molecule has 0 aromatic heterocycles. The molecule has 0 spiro atoms. The third-order valence-electron chi connectivity index (χ3n) is 3.17. The van der Waals surface area contributed by atoms with Gasteiger partial charge in [-0.15, -0.1) is 6.58 Å². The first-order chi connectivity index (χ1) is 6.74. The molecule has 2 heteroatoms. The summed E-state index contributed by atoms with van der Waals surface area (Å²) < 4.78 is 0. The molecule has 82 valence electrons. The van der Waals surface area contributed by atoms with Crippen molar-refractivity contribution >= 4 is 0 Å². The maximum atomic E-state index is 3.70. The third kappa shape index (κ3) is 3.81. The second-order valence-corrected chi connectivity index (χ2v) is 4.51. The molecule has 0 aromatic rings. The standard InChI is InChI=1S/C12H24N2/c1-4-7-13-10-12(3)14-8-5-11(2)6-9-14/h4,11-13H,1,5-10H2,2-3H3. The van der Waals surface area contributed by atoms with Gasteiger partial charge >= 0.3 is 0 Å². The first-order valence-electron chi connectivity index (χ1n) is 5.79. The van der Waals surface area contributed by atoms with Gasteiger partial charge in [-0.25, -0.2) is 0 Å². The topological polar surface area (TPSA) is 15.3 Å². The second kappa shape index (κ2) is 6.20. The third-order valence-corrected chi connectivity index (χ3v) is 3.17. The molecule has 1 aliphatic heterocycles. The Morgan fingerprint density at radius 3 is 2.71 bits per heavy atom. The summed E-state index contributed by atoms with van der Waals surface area (Å²) in [5.41, 5.74) is 0. The van der Waals surface area contributed by atoms with E-state index in [9.17, 15) is 0 Å². The fourth-order valence-electron chi connectivity index (χ4n) is 1.99. The van der Waals surface area contributed by atoms with Crippen LogP contribution in [0.5, 0.6) is 0 Å². The predicted molar refractivity (Wildman–Crippen MR) is 62.5 cm³/mol. The van der Waals surface area contributed by atoms with Crippen molar-refractivity contribution < 1.29 is 0 Å². The fraction of sp³-hybridized carbons (Fsp3) is 0.833. The minimum atomic E-state index is 0.669. The predicted octanol–water partition coefficient (Wildman–Crippen LogP) is 1.88. The van der Waals surface area contributed by atoms with Crippen LogP contribution in [0.2, 0.25) is 0 Å². The molecular weight excluding hydrogens is 172 g/mol. The smallest absolute Gasteiger partial charge is 0.0192 e. The highest BCUT2D eigenvalue weighted by Gasteiger charge is 2.19. The van der Waals surface area contributed by atoms with Crippen molar-refractivity contribution in [3.63, 3.8) is 0 Å². The lowest BCUT2D eigenvalue weighted by Crippen LogP contribution is -2.44. The van der Waals surface area contributed by atoms with E-state index in [1.54, 1.807) is 0 Å². The molecule has 0 aromatic carbocycles. The van der Waals surface area contributed by atoms with Gasteiger partial charge in [-0.3, -0.25) is 4.90 Å². The lowest BCUT2D eigenvalue weighted by atomic mass is 9.98. The Morgan fingerprint density at radius 2 is 2.14 bits per heavy atom. The highest BCUT2D eigenvalue weighted by molar-refractivity contribution is 4.77. The van der Waals surface area contributed by atoms with Crippen LogP contribution in [0.15, 0.2) is 12.7 Å². The quantitative estimate of drug-likeness (QED) is 0.533. The van der Waals surface area contributed by atoms with Crippen LogP contribution >= 0.6 is 0 Å². The zero-order valence-electron chi connectivity index (χ0n) is 9.63. The molecule has 2 nitrogen and oxygen atoms in total. The van der Waals surface area contributed by atoms with E-state index in [1.807, 2.05) is 6.08 Å². The number of hydrogen-bond acceptors (Lipinski definition) is 2. The summed E-state index contributed by atoms with van der Waals surface area (Å²) in [5, 5.41) is 3.38. The molecule has 0 amide bonds. The molecule has 1 fully saturated rings. The van der Waals surface area contributed by atoms with Gasteiger partial charge in [0.25, 0.3) is 0 Å². The monoisotopic (exact) mass is 196 g/mol. The van der Waals surface area contributed by atoms with Gasteiger partial charge < -0.3 is 5.32 Å². The Balaban J connectivity index is 2.16. The van der Waals surface area contributed by atoms with Gasteiger partial charge in [0, 0.05) is 19.1 Å². The van der Waals surface area contributed by atoms with E-state index in [4.69, 9.17) is 0 Å². The molecule has 1 aliphatic rings. The maximum absolute atomic E-state index is 3.70. The molecule has 0 radical (unpaired) electrons. The molecule has 14 heavy (non-hydrogen) atoms. The summed E-state index contributed by atoms with van der Waals surface area (Å²) in [7, 11) is 0. The summed E-state index contributed by atoms with van der Waals surface area (Å²) >= 11 is 0. The molecule has 1 saturated heterocycles. The Bertz CT molecular complexity index is 160. The number of nitrogens with one attached hydrogen (secondary N) is 1. The van der Waals surface area contributed by atoms with Gasteiger partial charge in [-0.2, -0.15) is 0 Å². The Labute approximate surface area is 88.4 Å². The molecule has 1 heterocycles. The van der Waals surface area contributed by atoms with Crippen LogP contribution < -0.4 is 5.32 Å². The van der Waals surface area contributed by atoms with Crippen molar-refractivity contribution in [2.24, 2.45) is 5.92 Å². The van der Waals surface area contributed by atoms with Crippen LogP contribution in [0.4, 0.5) is 0 Å². The molecule has 1 unspecified atom stereocenters. The summed E-state index contributed by atoms with van der Waals surface area (Å²) in [4.78, 5) is 2.59.